The highest BCUT2D eigenvalue weighted by molar-refractivity contribution is 5.94. The van der Waals surface area contributed by atoms with Crippen molar-refractivity contribution >= 4 is 17.2 Å². The highest BCUT2D eigenvalue weighted by atomic mass is 16.1. The molecule has 0 amide bonds. The molecule has 0 saturated carbocycles. The van der Waals surface area contributed by atoms with E-state index >= 15 is 0 Å². The number of carbonyl (C=O) groups is 1. The van der Waals surface area contributed by atoms with E-state index in [-0.39, 0.29) is 11.5 Å². The molecule has 0 aliphatic carbocycles. The van der Waals surface area contributed by atoms with Gasteiger partial charge in [0.15, 0.2) is 5.78 Å². The van der Waals surface area contributed by atoms with Crippen LogP contribution in [-0.4, -0.2) is 15.8 Å². The summed E-state index contributed by atoms with van der Waals surface area (Å²) >= 11 is 0. The van der Waals surface area contributed by atoms with Gasteiger partial charge in [-0.25, -0.2) is 4.79 Å². The molecule has 92 valence electrons. The molecule has 0 atom stereocenters. The van der Waals surface area contributed by atoms with Gasteiger partial charge in [-0.15, -0.1) is 0 Å². The Kier molecular flexibility index (Phi) is 3.23. The van der Waals surface area contributed by atoms with Crippen molar-refractivity contribution in [2.75, 3.05) is 5.32 Å². The first-order valence-corrected chi connectivity index (χ1v) is 5.50. The number of rotatable bonds is 3. The van der Waals surface area contributed by atoms with E-state index in [1.807, 2.05) is 0 Å². The molecular weight excluding hydrogens is 230 g/mol. The Hall–Kier alpha value is -2.43. The number of aryl methyl sites for hydroxylation is 1. The third-order valence-electron chi connectivity index (χ3n) is 2.58. The van der Waals surface area contributed by atoms with Crippen LogP contribution in [-0.2, 0) is 0 Å². The van der Waals surface area contributed by atoms with E-state index in [9.17, 15) is 9.59 Å². The van der Waals surface area contributed by atoms with Crippen molar-refractivity contribution in [1.82, 2.24) is 9.97 Å². The molecule has 0 saturated heterocycles. The van der Waals surface area contributed by atoms with Crippen LogP contribution in [0.5, 0.6) is 0 Å². The first kappa shape index (κ1) is 12.0. The Morgan fingerprint density at radius 1 is 1.28 bits per heavy atom. The molecule has 5 heteroatoms. The van der Waals surface area contributed by atoms with Gasteiger partial charge in [-0.2, -0.15) is 4.98 Å². The van der Waals surface area contributed by atoms with Crippen LogP contribution in [0.2, 0.25) is 0 Å². The van der Waals surface area contributed by atoms with Gasteiger partial charge in [0.05, 0.1) is 11.9 Å². The van der Waals surface area contributed by atoms with Crippen molar-refractivity contribution < 1.29 is 4.79 Å². The lowest BCUT2D eigenvalue weighted by atomic mass is 10.1. The van der Waals surface area contributed by atoms with Gasteiger partial charge in [-0.3, -0.25) is 4.79 Å². The number of ketones is 1. The van der Waals surface area contributed by atoms with Crippen molar-refractivity contribution in [1.29, 1.82) is 0 Å². The molecule has 0 unspecified atom stereocenters. The number of hydrogen-bond acceptors (Lipinski definition) is 4. The molecule has 0 radical (unpaired) electrons. The number of H-pyrrole nitrogens is 1. The Bertz CT molecular complexity index is 629. The zero-order valence-corrected chi connectivity index (χ0v) is 10.2. The molecule has 5 nitrogen and oxygen atoms in total. The third-order valence-corrected chi connectivity index (χ3v) is 2.58. The van der Waals surface area contributed by atoms with Gasteiger partial charge in [0.2, 0.25) is 0 Å². The summed E-state index contributed by atoms with van der Waals surface area (Å²) in [5.74, 6) is 0.0310. The number of nitrogens with one attached hydrogen (secondary N) is 2. The Morgan fingerprint density at radius 3 is 2.50 bits per heavy atom. The number of hydrogen-bond donors (Lipinski definition) is 2. The van der Waals surface area contributed by atoms with Gasteiger partial charge >= 0.3 is 5.69 Å². The number of aromatic nitrogens is 2. The quantitative estimate of drug-likeness (QED) is 0.809. The maximum atomic E-state index is 11.1. The van der Waals surface area contributed by atoms with Gasteiger partial charge in [0, 0.05) is 16.9 Å². The summed E-state index contributed by atoms with van der Waals surface area (Å²) in [7, 11) is 0. The number of carbonyl (C=O) groups excluding carboxylic acids is 1. The summed E-state index contributed by atoms with van der Waals surface area (Å²) in [5, 5.41) is 3.12. The number of aromatic amines is 1. The maximum Gasteiger partial charge on any atom is 0.345 e. The summed E-state index contributed by atoms with van der Waals surface area (Å²) in [6.45, 7) is 3.31. The summed E-state index contributed by atoms with van der Waals surface area (Å²) in [6.07, 6.45) is 1.48. The molecule has 0 aliphatic heterocycles. The number of nitrogens with zero attached hydrogens (tertiary/aromatic N) is 1. The van der Waals surface area contributed by atoms with E-state index < -0.39 is 0 Å². The van der Waals surface area contributed by atoms with Gasteiger partial charge < -0.3 is 10.3 Å². The fourth-order valence-electron chi connectivity index (χ4n) is 1.55. The molecule has 18 heavy (non-hydrogen) atoms. The van der Waals surface area contributed by atoms with Crippen molar-refractivity contribution in [2.24, 2.45) is 0 Å². The summed E-state index contributed by atoms with van der Waals surface area (Å²) in [4.78, 5) is 28.4. The monoisotopic (exact) mass is 243 g/mol. The molecule has 0 bridgehead atoms. The van der Waals surface area contributed by atoms with Crippen molar-refractivity contribution in [3.63, 3.8) is 0 Å². The second-order valence-corrected chi connectivity index (χ2v) is 3.99. The fourth-order valence-corrected chi connectivity index (χ4v) is 1.55. The van der Waals surface area contributed by atoms with Crippen LogP contribution >= 0.6 is 0 Å². The summed E-state index contributed by atoms with van der Waals surface area (Å²) < 4.78 is 0. The molecular formula is C13H13N3O2. The molecule has 0 fully saturated rings. The van der Waals surface area contributed by atoms with Gasteiger partial charge in [0.1, 0.15) is 0 Å². The minimum absolute atomic E-state index is 0.0310. The van der Waals surface area contributed by atoms with Gasteiger partial charge in [-0.05, 0) is 38.1 Å². The average molecular weight is 243 g/mol. The second-order valence-electron chi connectivity index (χ2n) is 3.99. The predicted octanol–water partition coefficient (Wildman–Crippen LogP) is 2.02. The minimum Gasteiger partial charge on any atom is -0.353 e. The van der Waals surface area contributed by atoms with Crippen LogP contribution < -0.4 is 11.0 Å². The largest absolute Gasteiger partial charge is 0.353 e. The smallest absolute Gasteiger partial charge is 0.345 e. The highest BCUT2D eigenvalue weighted by Gasteiger charge is 2.02. The van der Waals surface area contributed by atoms with E-state index in [0.29, 0.717) is 11.3 Å². The lowest BCUT2D eigenvalue weighted by Crippen LogP contribution is -2.12. The Morgan fingerprint density at radius 2 is 1.94 bits per heavy atom. The van der Waals surface area contributed by atoms with E-state index in [0.717, 1.165) is 11.4 Å². The zero-order chi connectivity index (χ0) is 13.1. The third kappa shape index (κ3) is 2.63. The lowest BCUT2D eigenvalue weighted by molar-refractivity contribution is 0.101. The average Bonchev–Trinajstić information content (AvgIpc) is 2.33. The zero-order valence-electron chi connectivity index (χ0n) is 10.2. The maximum absolute atomic E-state index is 11.1. The fraction of sp³-hybridized carbons (Fsp3) is 0.154. The Balaban J connectivity index is 2.23. The minimum atomic E-state index is -0.370. The second kappa shape index (κ2) is 4.83. The van der Waals surface area contributed by atoms with E-state index in [4.69, 9.17) is 0 Å². The van der Waals surface area contributed by atoms with Crippen molar-refractivity contribution in [3.8, 4) is 0 Å². The molecule has 2 rings (SSSR count). The van der Waals surface area contributed by atoms with Crippen LogP contribution in [0.25, 0.3) is 0 Å². The van der Waals surface area contributed by atoms with Gasteiger partial charge in [0.25, 0.3) is 0 Å². The van der Waals surface area contributed by atoms with E-state index in [2.05, 4.69) is 15.3 Å². The van der Waals surface area contributed by atoms with Crippen LogP contribution in [0.15, 0.2) is 35.3 Å². The van der Waals surface area contributed by atoms with Crippen LogP contribution in [0.4, 0.5) is 11.4 Å². The molecule has 2 N–H and O–H groups in total. The standard InChI is InChI=1S/C13H13N3O2/c1-8-12(7-14-13(18)15-8)16-11-5-3-10(4-6-11)9(2)17/h3-7,16H,1-2H3,(H,14,15,18). The van der Waals surface area contributed by atoms with E-state index in [1.54, 1.807) is 31.2 Å². The number of anilines is 2. The Labute approximate surface area is 104 Å². The van der Waals surface area contributed by atoms with Crippen LogP contribution in [0, 0.1) is 6.92 Å². The SMILES string of the molecule is CC(=O)c1ccc(Nc2cnc(=O)[nH]c2C)cc1. The number of benzene rings is 1. The normalized spacial score (nSPS) is 10.1. The van der Waals surface area contributed by atoms with Crippen LogP contribution in [0.1, 0.15) is 23.0 Å². The van der Waals surface area contributed by atoms with Crippen molar-refractivity contribution in [2.45, 2.75) is 13.8 Å². The first-order chi connectivity index (χ1) is 8.56. The van der Waals surface area contributed by atoms with Gasteiger partial charge in [-0.1, -0.05) is 0 Å². The highest BCUT2D eigenvalue weighted by Crippen LogP contribution is 2.17. The predicted molar refractivity (Wildman–Crippen MR) is 69.3 cm³/mol. The number of Topliss-reactive ketones (excluding diaryl/α,β-unsaturated/α-hetero) is 1. The topological polar surface area (TPSA) is 74.8 Å². The van der Waals surface area contributed by atoms with E-state index in [1.165, 1.54) is 13.1 Å². The summed E-state index contributed by atoms with van der Waals surface area (Å²) in [6, 6.07) is 7.11. The molecule has 0 spiro atoms. The molecule has 1 heterocycles. The van der Waals surface area contributed by atoms with Crippen LogP contribution in [0.3, 0.4) is 0 Å². The molecule has 0 aliphatic rings. The summed E-state index contributed by atoms with van der Waals surface area (Å²) in [5.41, 5.74) is 2.56. The first-order valence-electron chi connectivity index (χ1n) is 5.50. The molecule has 1 aromatic carbocycles. The lowest BCUT2D eigenvalue weighted by Gasteiger charge is -2.08. The molecule has 1 aromatic heterocycles. The van der Waals surface area contributed by atoms with Crippen molar-refractivity contribution in [3.05, 3.63) is 52.2 Å². The molecule has 2 aromatic rings.